The van der Waals surface area contributed by atoms with Gasteiger partial charge in [0.1, 0.15) is 28.8 Å². The van der Waals surface area contributed by atoms with Crippen LogP contribution < -0.4 is 32.9 Å². The lowest BCUT2D eigenvalue weighted by Crippen LogP contribution is -3.00. The van der Waals surface area contributed by atoms with E-state index in [9.17, 15) is 4.79 Å². The molecular weight excluding hydrogens is 553 g/mol. The van der Waals surface area contributed by atoms with E-state index in [2.05, 4.69) is 97.1 Å². The molecule has 5 aromatic rings. The maximum atomic E-state index is 13.1. The van der Waals surface area contributed by atoms with Crippen molar-refractivity contribution in [1.82, 2.24) is 4.57 Å². The molecular formula is C33H33BrNO2P. The lowest BCUT2D eigenvalue weighted by molar-refractivity contribution is -0.0000281. The first-order valence-electron chi connectivity index (χ1n) is 12.8. The number of carbonyl (C=O) groups is 1. The number of halogens is 1. The molecule has 0 spiro atoms. The Labute approximate surface area is 236 Å². The normalized spacial score (nSPS) is 11.7. The Morgan fingerprint density at radius 3 is 1.63 bits per heavy atom. The first kappa shape index (κ1) is 27.8. The van der Waals surface area contributed by atoms with Crippen LogP contribution in [0, 0.1) is 0 Å². The van der Waals surface area contributed by atoms with E-state index in [-0.39, 0.29) is 23.1 Å². The topological polar surface area (TPSA) is 31.2 Å². The minimum atomic E-state index is -1.97. The van der Waals surface area contributed by atoms with Gasteiger partial charge in [-0.2, -0.15) is 0 Å². The van der Waals surface area contributed by atoms with Gasteiger partial charge in [0, 0.05) is 18.0 Å². The van der Waals surface area contributed by atoms with Crippen molar-refractivity contribution in [1.29, 1.82) is 0 Å². The minimum absolute atomic E-state index is 0. The van der Waals surface area contributed by atoms with Gasteiger partial charge in [0.25, 0.3) is 0 Å². The summed E-state index contributed by atoms with van der Waals surface area (Å²) in [7, 11) is -1.97. The molecule has 0 amide bonds. The molecule has 0 saturated carbocycles. The molecule has 0 unspecified atom stereocenters. The van der Waals surface area contributed by atoms with Crippen molar-refractivity contribution in [3.63, 3.8) is 0 Å². The molecule has 0 aliphatic heterocycles. The fourth-order valence-corrected chi connectivity index (χ4v) is 9.37. The van der Waals surface area contributed by atoms with Gasteiger partial charge >= 0.3 is 6.09 Å². The van der Waals surface area contributed by atoms with Crippen LogP contribution in [0.5, 0.6) is 0 Å². The van der Waals surface area contributed by atoms with E-state index in [0.717, 1.165) is 29.0 Å². The molecule has 0 bridgehead atoms. The van der Waals surface area contributed by atoms with Gasteiger partial charge in [-0.25, -0.2) is 4.79 Å². The summed E-state index contributed by atoms with van der Waals surface area (Å²) >= 11 is 0. The molecule has 0 aliphatic carbocycles. The molecule has 0 aliphatic rings. The highest BCUT2D eigenvalue weighted by atomic mass is 79.9. The fraction of sp³-hybridized carbons (Fsp3) is 0.182. The maximum absolute atomic E-state index is 13.1. The van der Waals surface area contributed by atoms with Crippen molar-refractivity contribution in [2.45, 2.75) is 32.8 Å². The molecule has 5 rings (SSSR count). The fourth-order valence-electron chi connectivity index (χ4n) is 5.08. The van der Waals surface area contributed by atoms with Gasteiger partial charge < -0.3 is 21.7 Å². The van der Waals surface area contributed by atoms with Crippen LogP contribution in [0.25, 0.3) is 10.9 Å². The van der Waals surface area contributed by atoms with Crippen molar-refractivity contribution < 1.29 is 26.5 Å². The van der Waals surface area contributed by atoms with Crippen molar-refractivity contribution in [3.8, 4) is 0 Å². The summed E-state index contributed by atoms with van der Waals surface area (Å²) in [6.07, 6.45) is 3.43. The summed E-state index contributed by atoms with van der Waals surface area (Å²) in [5.74, 6) is 0. The standard InChI is InChI=1S/C33H33NO2P.BrH/c1-33(2,3)36-32(35)34-25-26(30-21-13-14-22-31(30)34)23-24-37(27-15-7-4-8-16-27,28-17-9-5-10-18-28)29-19-11-6-12-20-29;/h4-22,25H,23-24H2,1-3H3;1H/q+1;/p-1. The van der Waals surface area contributed by atoms with Crippen molar-refractivity contribution in [2.24, 2.45) is 0 Å². The zero-order valence-electron chi connectivity index (χ0n) is 22.1. The lowest BCUT2D eigenvalue weighted by atomic mass is 10.1. The van der Waals surface area contributed by atoms with Gasteiger partial charge in [-0.05, 0) is 68.8 Å². The quantitative estimate of drug-likeness (QED) is 0.282. The number of carbonyl (C=O) groups excluding carboxylic acids is 1. The number of aromatic nitrogens is 1. The molecule has 38 heavy (non-hydrogen) atoms. The second-order valence-corrected chi connectivity index (χ2v) is 13.9. The second-order valence-electron chi connectivity index (χ2n) is 10.3. The third kappa shape index (κ3) is 5.62. The first-order valence-corrected chi connectivity index (χ1v) is 14.7. The number of fused-ring (bicyclic) bond motifs is 1. The Morgan fingerprint density at radius 2 is 1.16 bits per heavy atom. The van der Waals surface area contributed by atoms with Crippen LogP contribution in [0.3, 0.4) is 0 Å². The van der Waals surface area contributed by atoms with Crippen LogP contribution in [0.1, 0.15) is 26.3 Å². The third-order valence-electron chi connectivity index (χ3n) is 6.69. The van der Waals surface area contributed by atoms with E-state index in [0.29, 0.717) is 0 Å². The number of aryl methyl sites for hydroxylation is 1. The summed E-state index contributed by atoms with van der Waals surface area (Å²) in [5.41, 5.74) is 1.49. The van der Waals surface area contributed by atoms with Crippen LogP contribution >= 0.6 is 7.26 Å². The lowest BCUT2D eigenvalue weighted by Gasteiger charge is -2.27. The second kappa shape index (κ2) is 11.7. The highest BCUT2D eigenvalue weighted by molar-refractivity contribution is 7.95. The van der Waals surface area contributed by atoms with Crippen LogP contribution in [0.2, 0.25) is 0 Å². The highest BCUT2D eigenvalue weighted by Gasteiger charge is 2.44. The maximum Gasteiger partial charge on any atom is 0.419 e. The van der Waals surface area contributed by atoms with Gasteiger partial charge in [-0.1, -0.05) is 72.8 Å². The van der Waals surface area contributed by atoms with E-state index >= 15 is 0 Å². The highest BCUT2D eigenvalue weighted by Crippen LogP contribution is 2.55. The summed E-state index contributed by atoms with van der Waals surface area (Å²) in [4.78, 5) is 13.1. The van der Waals surface area contributed by atoms with E-state index < -0.39 is 12.9 Å². The number of ether oxygens (including phenoxy) is 1. The van der Waals surface area contributed by atoms with E-state index in [1.54, 1.807) is 4.57 Å². The molecule has 4 aromatic carbocycles. The summed E-state index contributed by atoms with van der Waals surface area (Å²) in [6, 6.07) is 40.9. The Hall–Kier alpha value is -3.20. The Balaban J connectivity index is 0.00000336. The summed E-state index contributed by atoms with van der Waals surface area (Å²) in [6.45, 7) is 5.70. The smallest absolute Gasteiger partial charge is 0.419 e. The molecule has 5 heteroatoms. The number of benzene rings is 4. The van der Waals surface area contributed by atoms with Gasteiger partial charge in [0.2, 0.25) is 0 Å². The molecule has 0 fully saturated rings. The predicted molar refractivity (Wildman–Crippen MR) is 157 cm³/mol. The molecule has 0 atom stereocenters. The van der Waals surface area contributed by atoms with Crippen molar-refractivity contribution >= 4 is 40.2 Å². The van der Waals surface area contributed by atoms with E-state index in [1.165, 1.54) is 15.9 Å². The van der Waals surface area contributed by atoms with Gasteiger partial charge in [0.05, 0.1) is 11.7 Å². The average molecular weight is 587 g/mol. The number of hydrogen-bond donors (Lipinski definition) is 0. The number of para-hydroxylation sites is 1. The Morgan fingerprint density at radius 1 is 0.711 bits per heavy atom. The monoisotopic (exact) mass is 585 g/mol. The van der Waals surface area contributed by atoms with E-state index in [4.69, 9.17) is 4.74 Å². The van der Waals surface area contributed by atoms with Crippen LogP contribution in [0.15, 0.2) is 121 Å². The minimum Gasteiger partial charge on any atom is -1.00 e. The van der Waals surface area contributed by atoms with E-state index in [1.807, 2.05) is 45.2 Å². The number of hydrogen-bond acceptors (Lipinski definition) is 2. The zero-order chi connectivity index (χ0) is 25.9. The Bertz CT molecular complexity index is 1400. The van der Waals surface area contributed by atoms with Crippen LogP contribution in [-0.4, -0.2) is 22.4 Å². The van der Waals surface area contributed by atoms with Gasteiger partial charge in [0.15, 0.2) is 0 Å². The van der Waals surface area contributed by atoms with Crippen molar-refractivity contribution in [2.75, 3.05) is 6.16 Å². The number of rotatable bonds is 6. The van der Waals surface area contributed by atoms with Crippen molar-refractivity contribution in [3.05, 3.63) is 127 Å². The average Bonchev–Trinajstić information content (AvgIpc) is 3.29. The van der Waals surface area contributed by atoms with Crippen LogP contribution in [-0.2, 0) is 11.2 Å². The molecule has 1 aromatic heterocycles. The number of nitrogens with zero attached hydrogens (tertiary/aromatic N) is 1. The largest absolute Gasteiger partial charge is 1.00 e. The van der Waals surface area contributed by atoms with Crippen LogP contribution in [0.4, 0.5) is 4.79 Å². The molecule has 0 N–H and O–H groups in total. The zero-order valence-corrected chi connectivity index (χ0v) is 24.5. The Kier molecular flexibility index (Phi) is 8.55. The summed E-state index contributed by atoms with van der Waals surface area (Å²) < 4.78 is 7.40. The molecule has 1 heterocycles. The molecule has 194 valence electrons. The SMILES string of the molecule is CC(C)(C)OC(=O)n1cc(CC[P+](c2ccccc2)(c2ccccc2)c2ccccc2)c2ccccc21.[Br-]. The molecule has 0 radical (unpaired) electrons. The third-order valence-corrected chi connectivity index (χ3v) is 11.1. The van der Waals surface area contributed by atoms with Gasteiger partial charge in [-0.3, -0.25) is 4.57 Å². The summed E-state index contributed by atoms with van der Waals surface area (Å²) in [5, 5.41) is 5.19. The molecule has 3 nitrogen and oxygen atoms in total. The van der Waals surface area contributed by atoms with Gasteiger partial charge in [-0.15, -0.1) is 0 Å². The first-order chi connectivity index (χ1) is 17.9. The molecule has 0 saturated heterocycles. The predicted octanol–water partition coefficient (Wildman–Crippen LogP) is 3.97.